The highest BCUT2D eigenvalue weighted by Gasteiger charge is 2.39. The van der Waals surface area contributed by atoms with Crippen molar-refractivity contribution in [3.05, 3.63) is 59.3 Å². The van der Waals surface area contributed by atoms with E-state index in [0.29, 0.717) is 22.2 Å². The lowest BCUT2D eigenvalue weighted by Crippen LogP contribution is -2.36. The van der Waals surface area contributed by atoms with Crippen LogP contribution in [-0.2, 0) is 20.8 Å². The molecule has 0 aliphatic carbocycles. The van der Waals surface area contributed by atoms with Crippen LogP contribution < -0.4 is 9.64 Å². The smallest absolute Gasteiger partial charge is 0.419 e. The molecule has 2 heterocycles. The van der Waals surface area contributed by atoms with Crippen molar-refractivity contribution in [1.82, 2.24) is 4.57 Å². The first-order valence-corrected chi connectivity index (χ1v) is 13.5. The average molecular weight is 571 g/mol. The molecule has 0 saturated carbocycles. The molecule has 1 aliphatic rings. The number of ether oxygens (including phenoxy) is 4. The third-order valence-corrected chi connectivity index (χ3v) is 6.55. The summed E-state index contributed by atoms with van der Waals surface area (Å²) in [6.07, 6.45) is -1.30. The molecule has 0 saturated heterocycles. The van der Waals surface area contributed by atoms with Crippen LogP contribution in [0.3, 0.4) is 0 Å². The number of alkyl halides is 1. The molecule has 9 nitrogen and oxygen atoms in total. The van der Waals surface area contributed by atoms with E-state index in [1.165, 1.54) is 16.6 Å². The van der Waals surface area contributed by atoms with Crippen molar-refractivity contribution in [2.45, 2.75) is 65.3 Å². The fourth-order valence-electron chi connectivity index (χ4n) is 4.64. The summed E-state index contributed by atoms with van der Waals surface area (Å²) in [5.74, 6) is -0.553. The number of esters is 1. The van der Waals surface area contributed by atoms with E-state index in [9.17, 15) is 14.4 Å². The number of hydrogen-bond donors (Lipinski definition) is 0. The van der Waals surface area contributed by atoms with Crippen LogP contribution in [-0.4, -0.2) is 53.5 Å². The van der Waals surface area contributed by atoms with Gasteiger partial charge >= 0.3 is 18.2 Å². The van der Waals surface area contributed by atoms with E-state index in [2.05, 4.69) is 0 Å². The lowest BCUT2D eigenvalue weighted by Gasteiger charge is -2.25. The highest BCUT2D eigenvalue weighted by atomic mass is 35.5. The van der Waals surface area contributed by atoms with Crippen LogP contribution in [0.25, 0.3) is 10.9 Å². The first kappa shape index (κ1) is 29.3. The topological polar surface area (TPSA) is 96.3 Å². The van der Waals surface area contributed by atoms with E-state index < -0.39 is 29.4 Å². The van der Waals surface area contributed by atoms with Gasteiger partial charge in [-0.15, -0.1) is 11.6 Å². The molecule has 0 radical (unpaired) electrons. The van der Waals surface area contributed by atoms with Gasteiger partial charge in [0.15, 0.2) is 0 Å². The molecule has 1 amide bonds. The number of benzene rings is 2. The van der Waals surface area contributed by atoms with E-state index in [1.807, 2.05) is 30.3 Å². The van der Waals surface area contributed by atoms with Crippen LogP contribution in [0.5, 0.6) is 5.75 Å². The Balaban J connectivity index is 1.99. The SMILES string of the molecule is COC(=O)c1cc2c3c(cc(OCc4ccccc4)c2n1C(=O)OC(C)(C)C)N(C(=O)OC(C)(C)C)C[C@@H]3CCl. The number of anilines is 1. The maximum absolute atomic E-state index is 13.6. The Labute approximate surface area is 238 Å². The highest BCUT2D eigenvalue weighted by Crippen LogP contribution is 2.47. The maximum atomic E-state index is 13.6. The molecule has 1 aromatic heterocycles. The number of carbonyl (C=O) groups is 3. The van der Waals surface area contributed by atoms with Gasteiger partial charge in [-0.2, -0.15) is 0 Å². The van der Waals surface area contributed by atoms with Crippen LogP contribution >= 0.6 is 11.6 Å². The second-order valence-electron chi connectivity index (χ2n) is 11.6. The Morgan fingerprint density at radius 3 is 2.15 bits per heavy atom. The van der Waals surface area contributed by atoms with E-state index in [0.717, 1.165) is 5.56 Å². The number of amides is 1. The molecule has 3 aromatic rings. The molecule has 0 fully saturated rings. The molecule has 0 N–H and O–H groups in total. The molecule has 0 unspecified atom stereocenters. The molecular weight excluding hydrogens is 536 g/mol. The van der Waals surface area contributed by atoms with Crippen molar-refractivity contribution in [1.29, 1.82) is 0 Å². The predicted molar refractivity (Wildman–Crippen MR) is 153 cm³/mol. The Morgan fingerprint density at radius 1 is 0.950 bits per heavy atom. The summed E-state index contributed by atoms with van der Waals surface area (Å²) >= 11 is 6.41. The Hall–Kier alpha value is -3.72. The van der Waals surface area contributed by atoms with Gasteiger partial charge in [0.1, 0.15) is 34.8 Å². The summed E-state index contributed by atoms with van der Waals surface area (Å²) in [5, 5.41) is 0.531. The molecule has 0 spiro atoms. The van der Waals surface area contributed by atoms with Crippen LogP contribution in [0.2, 0.25) is 0 Å². The second kappa shape index (κ2) is 11.0. The third kappa shape index (κ3) is 6.04. The van der Waals surface area contributed by atoms with E-state index >= 15 is 0 Å². The Morgan fingerprint density at radius 2 is 1.57 bits per heavy atom. The molecule has 0 bridgehead atoms. The lowest BCUT2D eigenvalue weighted by atomic mass is 9.98. The number of rotatable bonds is 5. The molecule has 214 valence electrons. The molecule has 1 atom stereocenters. The molecule has 4 rings (SSSR count). The number of halogens is 1. The zero-order valence-electron chi connectivity index (χ0n) is 23.9. The quantitative estimate of drug-likeness (QED) is 0.188. The van der Waals surface area contributed by atoms with Gasteiger partial charge in [0, 0.05) is 29.8 Å². The molecule has 40 heavy (non-hydrogen) atoms. The van der Waals surface area contributed by atoms with Crippen molar-refractivity contribution < 1.29 is 33.3 Å². The largest absolute Gasteiger partial charge is 0.487 e. The van der Waals surface area contributed by atoms with Gasteiger partial charge in [-0.3, -0.25) is 4.90 Å². The number of fused-ring (bicyclic) bond motifs is 3. The Bertz CT molecular complexity index is 1430. The summed E-state index contributed by atoms with van der Waals surface area (Å²) < 4.78 is 23.8. The minimum absolute atomic E-state index is 0.0336. The predicted octanol–water partition coefficient (Wildman–Crippen LogP) is 6.87. The van der Waals surface area contributed by atoms with Gasteiger partial charge in [-0.05, 0) is 58.7 Å². The normalized spacial score (nSPS) is 15.1. The maximum Gasteiger partial charge on any atom is 0.419 e. The third-order valence-electron chi connectivity index (χ3n) is 6.18. The summed E-state index contributed by atoms with van der Waals surface area (Å²) in [6, 6.07) is 12.8. The zero-order valence-corrected chi connectivity index (χ0v) is 24.6. The second-order valence-corrected chi connectivity index (χ2v) is 11.9. The minimum atomic E-state index is -0.838. The number of aromatic nitrogens is 1. The number of nitrogens with zero attached hydrogens (tertiary/aromatic N) is 2. The monoisotopic (exact) mass is 570 g/mol. The number of hydrogen-bond acceptors (Lipinski definition) is 7. The van der Waals surface area contributed by atoms with Gasteiger partial charge in [-0.1, -0.05) is 30.3 Å². The molecule has 2 aromatic carbocycles. The molecule has 10 heteroatoms. The van der Waals surface area contributed by atoms with Crippen molar-refractivity contribution in [3.63, 3.8) is 0 Å². The molecular formula is C30H35ClN2O7. The van der Waals surface area contributed by atoms with Crippen LogP contribution in [0, 0.1) is 0 Å². The lowest BCUT2D eigenvalue weighted by molar-refractivity contribution is 0.0489. The van der Waals surface area contributed by atoms with Crippen LogP contribution in [0.15, 0.2) is 42.5 Å². The summed E-state index contributed by atoms with van der Waals surface area (Å²) in [6.45, 7) is 11.0. The van der Waals surface area contributed by atoms with Crippen molar-refractivity contribution in [3.8, 4) is 5.75 Å². The fraction of sp³-hybridized carbons (Fsp3) is 0.433. The first-order chi connectivity index (χ1) is 18.7. The van der Waals surface area contributed by atoms with Crippen molar-refractivity contribution in [2.75, 3.05) is 24.4 Å². The number of carbonyl (C=O) groups excluding carboxylic acids is 3. The minimum Gasteiger partial charge on any atom is -0.487 e. The summed E-state index contributed by atoms with van der Waals surface area (Å²) in [4.78, 5) is 41.3. The Kier molecular flexibility index (Phi) is 8.08. The van der Waals surface area contributed by atoms with Crippen molar-refractivity contribution in [2.24, 2.45) is 0 Å². The van der Waals surface area contributed by atoms with Crippen LogP contribution in [0.1, 0.15) is 69.1 Å². The van der Waals surface area contributed by atoms with Crippen LogP contribution in [0.4, 0.5) is 15.3 Å². The van der Waals surface area contributed by atoms with E-state index in [4.69, 9.17) is 30.5 Å². The molecule has 1 aliphatic heterocycles. The summed E-state index contributed by atoms with van der Waals surface area (Å²) in [7, 11) is 1.24. The number of methoxy groups -OCH3 is 1. The van der Waals surface area contributed by atoms with E-state index in [-0.39, 0.29) is 36.4 Å². The first-order valence-electron chi connectivity index (χ1n) is 13.0. The zero-order chi connectivity index (χ0) is 29.4. The summed E-state index contributed by atoms with van der Waals surface area (Å²) in [5.41, 5.74) is 0.866. The van der Waals surface area contributed by atoms with Gasteiger partial charge in [-0.25, -0.2) is 19.0 Å². The standard InChI is InChI=1S/C30H35ClN2O7/c1-29(2,3)39-27(35)32-16-19(15-31)24-20-13-22(26(34)37-7)33(28(36)40-30(4,5)6)25(20)23(14-21(24)32)38-17-18-11-9-8-10-12-18/h8-14,19H,15-17H2,1-7H3/t19-/m0/s1. The van der Waals surface area contributed by atoms with E-state index in [1.54, 1.807) is 53.7 Å². The van der Waals surface area contributed by atoms with Gasteiger partial charge in [0.2, 0.25) is 0 Å². The highest BCUT2D eigenvalue weighted by molar-refractivity contribution is 6.19. The average Bonchev–Trinajstić information content (AvgIpc) is 3.44. The van der Waals surface area contributed by atoms with Gasteiger partial charge < -0.3 is 18.9 Å². The van der Waals surface area contributed by atoms with Gasteiger partial charge in [0.05, 0.1) is 12.8 Å². The van der Waals surface area contributed by atoms with Gasteiger partial charge in [0.25, 0.3) is 0 Å². The fourth-order valence-corrected chi connectivity index (χ4v) is 4.89. The van der Waals surface area contributed by atoms with Crippen molar-refractivity contribution >= 4 is 46.3 Å².